The second-order valence-electron chi connectivity index (χ2n) is 15.8. The molecule has 0 N–H and O–H groups in total. The molecule has 10 aromatic carbocycles. The molecule has 1 aromatic heterocycles. The summed E-state index contributed by atoms with van der Waals surface area (Å²) in [5, 5.41) is 2.48. The van der Waals surface area contributed by atoms with Gasteiger partial charge in [-0.3, -0.25) is 0 Å². The van der Waals surface area contributed by atoms with Gasteiger partial charge < -0.3 is 19.3 Å². The van der Waals surface area contributed by atoms with Gasteiger partial charge in [-0.25, -0.2) is 0 Å². The van der Waals surface area contributed by atoms with E-state index in [0.717, 1.165) is 62.4 Å². The van der Waals surface area contributed by atoms with Gasteiger partial charge in [-0.15, -0.1) is 0 Å². The highest BCUT2D eigenvalue weighted by Crippen LogP contribution is 2.44. The van der Waals surface area contributed by atoms with E-state index in [2.05, 4.69) is 286 Å². The zero-order chi connectivity index (χ0) is 42.7. The Morgan fingerprint density at radius 3 is 1.06 bits per heavy atom. The van der Waals surface area contributed by atoms with Crippen LogP contribution in [0.3, 0.4) is 0 Å². The number of benzene rings is 10. The van der Waals surface area contributed by atoms with Crippen molar-refractivity contribution in [2.45, 2.75) is 0 Å². The van der Waals surface area contributed by atoms with Crippen LogP contribution in [-0.4, -0.2) is 4.57 Å². The Morgan fingerprint density at radius 1 is 0.250 bits per heavy atom. The molecule has 4 nitrogen and oxygen atoms in total. The van der Waals surface area contributed by atoms with Crippen molar-refractivity contribution < 1.29 is 0 Å². The summed E-state index contributed by atoms with van der Waals surface area (Å²) in [4.78, 5) is 7.01. The first kappa shape index (κ1) is 38.3. The zero-order valence-corrected chi connectivity index (χ0v) is 35.2. The molecule has 0 atom stereocenters. The van der Waals surface area contributed by atoms with Crippen LogP contribution >= 0.6 is 0 Å². The Bertz CT molecular complexity index is 3110. The van der Waals surface area contributed by atoms with Crippen LogP contribution in [0.4, 0.5) is 51.2 Å². The summed E-state index contributed by atoms with van der Waals surface area (Å²) in [6.45, 7) is 0. The van der Waals surface area contributed by atoms with Crippen molar-refractivity contribution in [1.82, 2.24) is 4.57 Å². The summed E-state index contributed by atoms with van der Waals surface area (Å²) in [7, 11) is 0. The van der Waals surface area contributed by atoms with E-state index in [1.54, 1.807) is 0 Å². The Kier molecular flexibility index (Phi) is 10.2. The van der Waals surface area contributed by atoms with Gasteiger partial charge in [0.1, 0.15) is 0 Å². The molecule has 0 saturated carbocycles. The van der Waals surface area contributed by atoms with E-state index < -0.39 is 0 Å². The van der Waals surface area contributed by atoms with E-state index >= 15 is 0 Å². The van der Waals surface area contributed by atoms with Crippen LogP contribution < -0.4 is 14.7 Å². The first-order valence-electron chi connectivity index (χ1n) is 21.8. The third-order valence-electron chi connectivity index (χ3n) is 11.9. The van der Waals surface area contributed by atoms with Crippen LogP contribution in [0, 0.1) is 0 Å². The quantitative estimate of drug-likeness (QED) is 0.129. The van der Waals surface area contributed by atoms with E-state index in [0.29, 0.717) is 0 Å². The predicted molar refractivity (Wildman–Crippen MR) is 270 cm³/mol. The third kappa shape index (κ3) is 7.23. The third-order valence-corrected chi connectivity index (χ3v) is 11.9. The average molecular weight is 821 g/mol. The second-order valence-corrected chi connectivity index (χ2v) is 15.8. The number of para-hydroxylation sites is 7. The molecule has 11 aromatic rings. The lowest BCUT2D eigenvalue weighted by molar-refractivity contribution is 1.18. The first-order chi connectivity index (χ1) is 31.8. The number of hydrogen-bond donors (Lipinski definition) is 0. The number of anilines is 9. The van der Waals surface area contributed by atoms with Crippen molar-refractivity contribution >= 4 is 73.0 Å². The van der Waals surface area contributed by atoms with Gasteiger partial charge in [-0.2, -0.15) is 0 Å². The van der Waals surface area contributed by atoms with Gasteiger partial charge in [0.2, 0.25) is 0 Å². The molecule has 11 rings (SSSR count). The zero-order valence-electron chi connectivity index (χ0n) is 35.2. The van der Waals surface area contributed by atoms with Crippen LogP contribution in [0.2, 0.25) is 0 Å². The molecule has 0 aliphatic rings. The monoisotopic (exact) mass is 820 g/mol. The summed E-state index contributed by atoms with van der Waals surface area (Å²) < 4.78 is 2.41. The fourth-order valence-electron chi connectivity index (χ4n) is 9.08. The van der Waals surface area contributed by atoms with Crippen molar-refractivity contribution in [3.63, 3.8) is 0 Å². The molecule has 0 aliphatic carbocycles. The molecule has 4 heteroatoms. The summed E-state index contributed by atoms with van der Waals surface area (Å²) in [6, 6.07) is 95.3. The molecule has 0 saturated heterocycles. The fourth-order valence-corrected chi connectivity index (χ4v) is 9.08. The van der Waals surface area contributed by atoms with Gasteiger partial charge in [0, 0.05) is 73.2 Å². The van der Waals surface area contributed by atoms with Crippen molar-refractivity contribution in [2.24, 2.45) is 0 Å². The normalized spacial score (nSPS) is 11.1. The van der Waals surface area contributed by atoms with Gasteiger partial charge in [0.25, 0.3) is 0 Å². The van der Waals surface area contributed by atoms with Gasteiger partial charge in [0.15, 0.2) is 0 Å². The minimum Gasteiger partial charge on any atom is -0.310 e. The Hall–Kier alpha value is -8.60. The smallest absolute Gasteiger partial charge is 0.0619 e. The van der Waals surface area contributed by atoms with Gasteiger partial charge >= 0.3 is 0 Å². The Morgan fingerprint density at radius 2 is 0.594 bits per heavy atom. The van der Waals surface area contributed by atoms with Crippen molar-refractivity contribution in [1.29, 1.82) is 0 Å². The molecule has 64 heavy (non-hydrogen) atoms. The lowest BCUT2D eigenvalue weighted by Gasteiger charge is -2.31. The van der Waals surface area contributed by atoms with Gasteiger partial charge in [-0.1, -0.05) is 152 Å². The summed E-state index contributed by atoms with van der Waals surface area (Å²) in [6.07, 6.45) is 0. The Labute approximate surface area is 374 Å². The van der Waals surface area contributed by atoms with E-state index in [-0.39, 0.29) is 0 Å². The molecule has 0 spiro atoms. The maximum Gasteiger partial charge on any atom is 0.0619 e. The van der Waals surface area contributed by atoms with E-state index in [1.807, 2.05) is 0 Å². The molecular weight excluding hydrogens is 777 g/mol. The summed E-state index contributed by atoms with van der Waals surface area (Å²) in [5.74, 6) is 0. The lowest BCUT2D eigenvalue weighted by Crippen LogP contribution is -2.14. The summed E-state index contributed by atoms with van der Waals surface area (Å²) in [5.41, 5.74) is 15.5. The van der Waals surface area contributed by atoms with E-state index in [9.17, 15) is 0 Å². The van der Waals surface area contributed by atoms with Gasteiger partial charge in [-0.05, 0) is 121 Å². The molecule has 0 unspecified atom stereocenters. The van der Waals surface area contributed by atoms with Crippen molar-refractivity contribution in [3.8, 4) is 16.8 Å². The number of aromatic nitrogens is 1. The molecule has 0 radical (unpaired) electrons. The lowest BCUT2D eigenvalue weighted by atomic mass is 10.0. The minimum atomic E-state index is 1.04. The largest absolute Gasteiger partial charge is 0.310 e. The van der Waals surface area contributed by atoms with Crippen LogP contribution in [0.25, 0.3) is 38.6 Å². The van der Waals surface area contributed by atoms with Gasteiger partial charge in [0.05, 0.1) is 11.0 Å². The summed E-state index contributed by atoms with van der Waals surface area (Å²) >= 11 is 0. The molecular formula is C60H44N4. The topological polar surface area (TPSA) is 14.7 Å². The number of hydrogen-bond acceptors (Lipinski definition) is 3. The van der Waals surface area contributed by atoms with Crippen LogP contribution in [0.1, 0.15) is 0 Å². The number of fused-ring (bicyclic) bond motifs is 3. The molecule has 0 amide bonds. The highest BCUT2D eigenvalue weighted by molar-refractivity contribution is 6.13. The highest BCUT2D eigenvalue weighted by atomic mass is 15.2. The average Bonchev–Trinajstić information content (AvgIpc) is 3.71. The van der Waals surface area contributed by atoms with Crippen molar-refractivity contribution in [2.75, 3.05) is 14.7 Å². The van der Waals surface area contributed by atoms with Crippen molar-refractivity contribution in [3.05, 3.63) is 267 Å². The van der Waals surface area contributed by atoms with Crippen LogP contribution in [0.15, 0.2) is 267 Å². The molecule has 304 valence electrons. The maximum absolute atomic E-state index is 2.41. The molecule has 0 aliphatic heterocycles. The standard InChI is InChI=1S/C60H44N4/c1-6-21-46(22-7-1)61(47-23-8-2-9-24-47)52-31-18-33-54(43-52)63(55-34-19-32-53(44-55)62(48-25-10-3-11-26-48)49-27-12-4-13-28-49)51-41-39-45(40-42-51)56-36-20-37-58-57-35-16-17-38-59(57)64(60(56)58)50-29-14-5-15-30-50/h1-44H. The predicted octanol–water partition coefficient (Wildman–Crippen LogP) is 16.9. The maximum atomic E-state index is 2.41. The van der Waals surface area contributed by atoms with Crippen LogP contribution in [-0.2, 0) is 0 Å². The SMILES string of the molecule is c1ccc(N(c2ccccc2)c2cccc(N(c3ccc(-c4cccc5c6ccccc6n(-c6ccccc6)c45)cc3)c3cccc(N(c4ccccc4)c4ccccc4)c3)c2)cc1. The molecule has 0 fully saturated rings. The first-order valence-corrected chi connectivity index (χ1v) is 21.8. The Balaban J connectivity index is 1.08. The second kappa shape index (κ2) is 17.0. The van der Waals surface area contributed by atoms with E-state index in [4.69, 9.17) is 0 Å². The highest BCUT2D eigenvalue weighted by Gasteiger charge is 2.21. The number of nitrogens with zero attached hydrogens (tertiary/aromatic N) is 4. The van der Waals surface area contributed by atoms with Crippen LogP contribution in [0.5, 0.6) is 0 Å². The number of rotatable bonds is 11. The minimum absolute atomic E-state index is 1.04. The fraction of sp³-hybridized carbons (Fsp3) is 0. The molecule has 1 heterocycles. The molecule has 0 bridgehead atoms. The van der Waals surface area contributed by atoms with E-state index in [1.165, 1.54) is 27.4 Å².